The Morgan fingerprint density at radius 3 is 2.40 bits per heavy atom. The monoisotopic (exact) mass is 279 g/mol. The van der Waals surface area contributed by atoms with Gasteiger partial charge in [0.25, 0.3) is 0 Å². The van der Waals surface area contributed by atoms with Gasteiger partial charge in [0.1, 0.15) is 11.8 Å². The molecule has 0 aliphatic heterocycles. The summed E-state index contributed by atoms with van der Waals surface area (Å²) in [4.78, 5) is 11.9. The molecule has 0 saturated carbocycles. The van der Waals surface area contributed by atoms with Crippen molar-refractivity contribution in [1.29, 1.82) is 0 Å². The molecule has 20 heavy (non-hydrogen) atoms. The van der Waals surface area contributed by atoms with E-state index in [-0.39, 0.29) is 24.1 Å². The van der Waals surface area contributed by atoms with Crippen LogP contribution in [0.4, 0.5) is 11.4 Å². The van der Waals surface area contributed by atoms with Crippen molar-refractivity contribution < 1.29 is 9.53 Å². The molecule has 1 amide bonds. The van der Waals surface area contributed by atoms with Gasteiger partial charge in [0.2, 0.25) is 5.91 Å². The lowest BCUT2D eigenvalue weighted by molar-refractivity contribution is -0.122. The number of hydrogen-bond acceptors (Lipinski definition) is 4. The molecule has 0 heterocycles. The maximum atomic E-state index is 11.9. The number of hydrogen-bond donors (Lipinski definition) is 3. The maximum absolute atomic E-state index is 11.9. The third-order valence-electron chi connectivity index (χ3n) is 2.58. The van der Waals surface area contributed by atoms with Crippen LogP contribution in [0.5, 0.6) is 5.75 Å². The molecule has 0 aliphatic carbocycles. The SMILES string of the molecule is CC(C)NC(=O)C(C)Nc1ccc(N)c(OC(C)C)c1. The number of ether oxygens (including phenoxy) is 1. The van der Waals surface area contributed by atoms with E-state index in [0.717, 1.165) is 5.69 Å². The Balaban J connectivity index is 2.75. The highest BCUT2D eigenvalue weighted by Crippen LogP contribution is 2.26. The zero-order valence-electron chi connectivity index (χ0n) is 12.9. The first-order valence-electron chi connectivity index (χ1n) is 6.92. The van der Waals surface area contributed by atoms with Crippen molar-refractivity contribution in [3.8, 4) is 5.75 Å². The predicted octanol–water partition coefficient (Wildman–Crippen LogP) is 2.38. The molecule has 0 aromatic heterocycles. The maximum Gasteiger partial charge on any atom is 0.242 e. The van der Waals surface area contributed by atoms with E-state index >= 15 is 0 Å². The van der Waals surface area contributed by atoms with E-state index in [1.54, 1.807) is 6.07 Å². The Kier molecular flexibility index (Phi) is 5.67. The summed E-state index contributed by atoms with van der Waals surface area (Å²) in [6, 6.07) is 5.22. The van der Waals surface area contributed by atoms with Crippen molar-refractivity contribution in [2.24, 2.45) is 0 Å². The molecule has 0 saturated heterocycles. The number of benzene rings is 1. The Bertz CT molecular complexity index is 458. The quantitative estimate of drug-likeness (QED) is 0.699. The Morgan fingerprint density at radius 1 is 1.20 bits per heavy atom. The van der Waals surface area contributed by atoms with Crippen LogP contribution in [0.25, 0.3) is 0 Å². The van der Waals surface area contributed by atoms with Gasteiger partial charge in [-0.25, -0.2) is 0 Å². The van der Waals surface area contributed by atoms with Gasteiger partial charge in [-0.2, -0.15) is 0 Å². The Hall–Kier alpha value is -1.91. The zero-order chi connectivity index (χ0) is 15.3. The number of carbonyl (C=O) groups excluding carboxylic acids is 1. The first-order chi connectivity index (χ1) is 9.29. The third kappa shape index (κ3) is 4.99. The van der Waals surface area contributed by atoms with E-state index in [2.05, 4.69) is 10.6 Å². The zero-order valence-corrected chi connectivity index (χ0v) is 12.9. The summed E-state index contributed by atoms with van der Waals surface area (Å²) >= 11 is 0. The second-order valence-electron chi connectivity index (χ2n) is 5.45. The molecule has 4 N–H and O–H groups in total. The summed E-state index contributed by atoms with van der Waals surface area (Å²) in [5.74, 6) is 0.588. The normalized spacial score (nSPS) is 12.3. The van der Waals surface area contributed by atoms with Gasteiger partial charge in [-0.05, 0) is 46.8 Å². The molecule has 0 bridgehead atoms. The van der Waals surface area contributed by atoms with Crippen LogP contribution in [0.15, 0.2) is 18.2 Å². The van der Waals surface area contributed by atoms with E-state index in [4.69, 9.17) is 10.5 Å². The molecule has 5 heteroatoms. The van der Waals surface area contributed by atoms with Crippen molar-refractivity contribution in [2.45, 2.75) is 52.8 Å². The summed E-state index contributed by atoms with van der Waals surface area (Å²) in [5, 5.41) is 6.00. The smallest absolute Gasteiger partial charge is 0.242 e. The van der Waals surface area contributed by atoms with Gasteiger partial charge < -0.3 is 21.1 Å². The van der Waals surface area contributed by atoms with Crippen molar-refractivity contribution in [3.05, 3.63) is 18.2 Å². The Labute approximate surface area is 120 Å². The van der Waals surface area contributed by atoms with Crippen molar-refractivity contribution in [3.63, 3.8) is 0 Å². The fraction of sp³-hybridized carbons (Fsp3) is 0.533. The van der Waals surface area contributed by atoms with Crippen LogP contribution in [0.3, 0.4) is 0 Å². The van der Waals surface area contributed by atoms with Gasteiger partial charge in [-0.3, -0.25) is 4.79 Å². The van der Waals surface area contributed by atoms with Crippen LogP contribution in [0, 0.1) is 0 Å². The highest BCUT2D eigenvalue weighted by Gasteiger charge is 2.14. The van der Waals surface area contributed by atoms with Crippen LogP contribution in [0.1, 0.15) is 34.6 Å². The van der Waals surface area contributed by atoms with Gasteiger partial charge >= 0.3 is 0 Å². The number of nitrogen functional groups attached to an aromatic ring is 1. The summed E-state index contributed by atoms with van der Waals surface area (Å²) in [7, 11) is 0. The Morgan fingerprint density at radius 2 is 1.85 bits per heavy atom. The first-order valence-corrected chi connectivity index (χ1v) is 6.92. The minimum atomic E-state index is -0.326. The summed E-state index contributed by atoms with van der Waals surface area (Å²) in [5.41, 5.74) is 7.26. The third-order valence-corrected chi connectivity index (χ3v) is 2.58. The number of amides is 1. The van der Waals surface area contributed by atoms with Gasteiger partial charge in [-0.15, -0.1) is 0 Å². The van der Waals surface area contributed by atoms with Crippen molar-refractivity contribution >= 4 is 17.3 Å². The number of rotatable bonds is 6. The lowest BCUT2D eigenvalue weighted by Crippen LogP contribution is -2.40. The van der Waals surface area contributed by atoms with Crippen LogP contribution in [0.2, 0.25) is 0 Å². The fourth-order valence-corrected chi connectivity index (χ4v) is 1.71. The molecule has 0 fully saturated rings. The average molecular weight is 279 g/mol. The summed E-state index contributed by atoms with van der Waals surface area (Å²) < 4.78 is 5.63. The van der Waals surface area contributed by atoms with E-state index in [1.165, 1.54) is 0 Å². The standard InChI is InChI=1S/C15H25N3O2/c1-9(2)17-15(19)11(5)18-12-6-7-13(16)14(8-12)20-10(3)4/h6-11,18H,16H2,1-5H3,(H,17,19). The second kappa shape index (κ2) is 7.03. The van der Waals surface area contributed by atoms with E-state index < -0.39 is 0 Å². The highest BCUT2D eigenvalue weighted by molar-refractivity contribution is 5.84. The van der Waals surface area contributed by atoms with Gasteiger partial charge in [0, 0.05) is 17.8 Å². The second-order valence-corrected chi connectivity index (χ2v) is 5.45. The van der Waals surface area contributed by atoms with Crippen LogP contribution in [-0.4, -0.2) is 24.1 Å². The summed E-state index contributed by atoms with van der Waals surface area (Å²) in [6.45, 7) is 9.57. The van der Waals surface area contributed by atoms with Gasteiger partial charge in [-0.1, -0.05) is 0 Å². The molecule has 1 rings (SSSR count). The topological polar surface area (TPSA) is 76.4 Å². The van der Waals surface area contributed by atoms with Crippen molar-refractivity contribution in [2.75, 3.05) is 11.1 Å². The van der Waals surface area contributed by atoms with Crippen LogP contribution < -0.4 is 21.1 Å². The van der Waals surface area contributed by atoms with Crippen molar-refractivity contribution in [1.82, 2.24) is 5.32 Å². The molecular weight excluding hydrogens is 254 g/mol. The van der Waals surface area contributed by atoms with E-state index in [9.17, 15) is 4.79 Å². The molecule has 0 spiro atoms. The lowest BCUT2D eigenvalue weighted by Gasteiger charge is -2.18. The molecule has 1 aromatic rings. The van der Waals surface area contributed by atoms with Crippen LogP contribution >= 0.6 is 0 Å². The largest absolute Gasteiger partial charge is 0.489 e. The molecule has 112 valence electrons. The number of anilines is 2. The molecule has 0 aliphatic rings. The molecule has 0 radical (unpaired) electrons. The molecule has 5 nitrogen and oxygen atoms in total. The fourth-order valence-electron chi connectivity index (χ4n) is 1.71. The number of nitrogens with two attached hydrogens (primary N) is 1. The molecule has 1 aromatic carbocycles. The number of carbonyl (C=O) groups is 1. The molecule has 1 unspecified atom stereocenters. The first kappa shape index (κ1) is 16.1. The van der Waals surface area contributed by atoms with E-state index in [0.29, 0.717) is 11.4 Å². The van der Waals surface area contributed by atoms with E-state index in [1.807, 2.05) is 46.8 Å². The molecule has 1 atom stereocenters. The number of nitrogens with one attached hydrogen (secondary N) is 2. The molecular formula is C15H25N3O2. The minimum Gasteiger partial charge on any atom is -0.489 e. The summed E-state index contributed by atoms with van der Waals surface area (Å²) in [6.07, 6.45) is 0.0502. The van der Waals surface area contributed by atoms with Crippen LogP contribution in [-0.2, 0) is 4.79 Å². The van der Waals surface area contributed by atoms with Gasteiger partial charge in [0.05, 0.1) is 11.8 Å². The highest BCUT2D eigenvalue weighted by atomic mass is 16.5. The predicted molar refractivity (Wildman–Crippen MR) is 83.0 cm³/mol. The van der Waals surface area contributed by atoms with Gasteiger partial charge in [0.15, 0.2) is 0 Å². The lowest BCUT2D eigenvalue weighted by atomic mass is 10.2. The minimum absolute atomic E-state index is 0.0387. The average Bonchev–Trinajstić information content (AvgIpc) is 2.31.